The van der Waals surface area contributed by atoms with Crippen LogP contribution in [0.2, 0.25) is 5.02 Å². The van der Waals surface area contributed by atoms with Gasteiger partial charge in [0.1, 0.15) is 5.75 Å². The van der Waals surface area contributed by atoms with Crippen molar-refractivity contribution in [3.05, 3.63) is 23.2 Å². The normalized spacial score (nSPS) is 17.3. The molecule has 27 heavy (non-hydrogen) atoms. The minimum atomic E-state index is -1.10. The zero-order chi connectivity index (χ0) is 20.2. The number of carboxylic acids is 1. The van der Waals surface area contributed by atoms with Crippen LogP contribution in [0.1, 0.15) is 33.6 Å². The summed E-state index contributed by atoms with van der Waals surface area (Å²) in [5, 5.41) is 11.7. The van der Waals surface area contributed by atoms with Crippen molar-refractivity contribution in [3.8, 4) is 5.75 Å². The first kappa shape index (κ1) is 21.0. The van der Waals surface area contributed by atoms with Crippen molar-refractivity contribution in [2.75, 3.05) is 25.0 Å². The van der Waals surface area contributed by atoms with Gasteiger partial charge in [-0.1, -0.05) is 32.4 Å². The predicted molar refractivity (Wildman–Crippen MR) is 102 cm³/mol. The molecule has 1 saturated heterocycles. The van der Waals surface area contributed by atoms with E-state index in [0.717, 1.165) is 6.42 Å². The first-order valence-corrected chi connectivity index (χ1v) is 9.20. The minimum Gasteiger partial charge on any atom is -0.480 e. The second kappa shape index (κ2) is 8.61. The van der Waals surface area contributed by atoms with Crippen molar-refractivity contribution in [3.63, 3.8) is 0 Å². The first-order valence-electron chi connectivity index (χ1n) is 8.82. The molecule has 1 aliphatic rings. The van der Waals surface area contributed by atoms with Crippen LogP contribution in [-0.2, 0) is 14.4 Å². The lowest BCUT2D eigenvalue weighted by molar-refractivity contribution is -0.142. The number of nitrogens with zero attached hydrogens (tertiary/aromatic N) is 1. The molecule has 1 atom stereocenters. The topological polar surface area (TPSA) is 95.9 Å². The number of anilines is 1. The number of carbonyl (C=O) groups excluding carboxylic acids is 2. The molecule has 1 aromatic rings. The summed E-state index contributed by atoms with van der Waals surface area (Å²) in [4.78, 5) is 37.4. The Morgan fingerprint density at radius 1 is 1.33 bits per heavy atom. The van der Waals surface area contributed by atoms with Crippen LogP contribution in [0.15, 0.2) is 18.2 Å². The lowest BCUT2D eigenvalue weighted by Crippen LogP contribution is -2.47. The molecule has 1 heterocycles. The number of likely N-dealkylation sites (tertiary alicyclic amines) is 1. The summed E-state index contributed by atoms with van der Waals surface area (Å²) in [6.07, 6.45) is 1.50. The van der Waals surface area contributed by atoms with Gasteiger partial charge in [0.2, 0.25) is 11.8 Å². The van der Waals surface area contributed by atoms with Gasteiger partial charge in [-0.25, -0.2) is 4.79 Å². The molecule has 8 heteroatoms. The van der Waals surface area contributed by atoms with Crippen LogP contribution in [-0.4, -0.2) is 47.5 Å². The quantitative estimate of drug-likeness (QED) is 0.797. The fourth-order valence-corrected chi connectivity index (χ4v) is 3.16. The molecule has 2 rings (SSSR count). The third kappa shape index (κ3) is 5.85. The van der Waals surface area contributed by atoms with Gasteiger partial charge >= 0.3 is 5.97 Å². The molecular weight excluding hydrogens is 372 g/mol. The van der Waals surface area contributed by atoms with E-state index in [4.69, 9.17) is 21.4 Å². The molecule has 2 amide bonds. The lowest BCUT2D eigenvalue weighted by atomic mass is 9.91. The maximum absolute atomic E-state index is 12.6. The summed E-state index contributed by atoms with van der Waals surface area (Å²) in [5.41, 5.74) is 0.0180. The van der Waals surface area contributed by atoms with E-state index in [1.54, 1.807) is 11.0 Å². The van der Waals surface area contributed by atoms with Gasteiger partial charge in [-0.15, -0.1) is 0 Å². The van der Waals surface area contributed by atoms with E-state index >= 15 is 0 Å². The summed E-state index contributed by atoms with van der Waals surface area (Å²) < 4.78 is 5.06. The highest BCUT2D eigenvalue weighted by molar-refractivity contribution is 6.32. The fourth-order valence-electron chi connectivity index (χ4n) is 2.93. The third-order valence-electron chi connectivity index (χ3n) is 4.27. The molecule has 0 saturated carbocycles. The number of nitrogens with one attached hydrogen (secondary N) is 1. The average Bonchev–Trinajstić information content (AvgIpc) is 2.59. The Labute approximate surface area is 163 Å². The molecule has 1 aromatic carbocycles. The number of aliphatic carboxylic acids is 1. The van der Waals surface area contributed by atoms with Crippen molar-refractivity contribution in [2.45, 2.75) is 33.6 Å². The molecule has 1 unspecified atom stereocenters. The van der Waals surface area contributed by atoms with Crippen LogP contribution in [0.25, 0.3) is 0 Å². The van der Waals surface area contributed by atoms with E-state index in [0.29, 0.717) is 25.2 Å². The van der Waals surface area contributed by atoms with E-state index < -0.39 is 18.0 Å². The second-order valence-electron chi connectivity index (χ2n) is 7.66. The maximum atomic E-state index is 12.6. The summed E-state index contributed by atoms with van der Waals surface area (Å²) in [7, 11) is 0. The molecule has 0 spiro atoms. The van der Waals surface area contributed by atoms with Crippen LogP contribution >= 0.6 is 11.6 Å². The molecule has 0 aromatic heterocycles. The van der Waals surface area contributed by atoms with E-state index in [1.165, 1.54) is 12.1 Å². The summed E-state index contributed by atoms with van der Waals surface area (Å²) in [6.45, 7) is 6.18. The van der Waals surface area contributed by atoms with Crippen molar-refractivity contribution in [1.82, 2.24) is 4.90 Å². The average molecular weight is 397 g/mol. The fraction of sp³-hybridized carbons (Fsp3) is 0.526. The molecule has 1 fully saturated rings. The summed E-state index contributed by atoms with van der Waals surface area (Å²) in [5.74, 6) is -1.28. The van der Waals surface area contributed by atoms with Gasteiger partial charge in [0, 0.05) is 24.2 Å². The van der Waals surface area contributed by atoms with Crippen LogP contribution in [0.5, 0.6) is 5.75 Å². The zero-order valence-corrected chi connectivity index (χ0v) is 16.5. The standard InChI is InChI=1S/C19H25ClN2O5/c1-19(2,3)18(26)22-8-4-5-12(10-22)17(25)21-13-6-7-15(14(20)9-13)27-11-16(23)24/h6-7,9,12H,4-5,8,10-11H2,1-3H3,(H,21,25)(H,23,24). The number of carboxylic acid groups (broad SMARTS) is 1. The van der Waals surface area contributed by atoms with E-state index in [1.807, 2.05) is 20.8 Å². The van der Waals surface area contributed by atoms with Gasteiger partial charge in [-0.2, -0.15) is 0 Å². The van der Waals surface area contributed by atoms with Gasteiger partial charge in [-0.3, -0.25) is 9.59 Å². The number of halogens is 1. The van der Waals surface area contributed by atoms with E-state index in [2.05, 4.69) is 5.32 Å². The first-order chi connectivity index (χ1) is 12.6. The molecule has 0 aliphatic carbocycles. The van der Waals surface area contributed by atoms with Crippen molar-refractivity contribution < 1.29 is 24.2 Å². The Morgan fingerprint density at radius 3 is 2.63 bits per heavy atom. The number of amides is 2. The number of ether oxygens (including phenoxy) is 1. The summed E-state index contributed by atoms with van der Waals surface area (Å²) >= 11 is 6.07. The molecule has 2 N–H and O–H groups in total. The van der Waals surface area contributed by atoms with Gasteiger partial charge in [-0.05, 0) is 31.0 Å². The Hall–Kier alpha value is -2.28. The molecule has 7 nitrogen and oxygen atoms in total. The van der Waals surface area contributed by atoms with Crippen molar-refractivity contribution in [2.24, 2.45) is 11.3 Å². The largest absolute Gasteiger partial charge is 0.480 e. The second-order valence-corrected chi connectivity index (χ2v) is 8.06. The summed E-state index contributed by atoms with van der Waals surface area (Å²) in [6, 6.07) is 4.62. The highest BCUT2D eigenvalue weighted by atomic mass is 35.5. The minimum absolute atomic E-state index is 0.0444. The number of rotatable bonds is 5. The number of hydrogen-bond acceptors (Lipinski definition) is 4. The van der Waals surface area contributed by atoms with Crippen LogP contribution in [0.3, 0.4) is 0 Å². The molecule has 148 valence electrons. The van der Waals surface area contributed by atoms with E-state index in [-0.39, 0.29) is 28.5 Å². The third-order valence-corrected chi connectivity index (χ3v) is 4.57. The highest BCUT2D eigenvalue weighted by Crippen LogP contribution is 2.29. The monoisotopic (exact) mass is 396 g/mol. The Bertz CT molecular complexity index is 729. The van der Waals surface area contributed by atoms with Gasteiger partial charge in [0.25, 0.3) is 0 Å². The van der Waals surface area contributed by atoms with Gasteiger partial charge < -0.3 is 20.1 Å². The number of benzene rings is 1. The molecular formula is C19H25ClN2O5. The smallest absolute Gasteiger partial charge is 0.341 e. The van der Waals surface area contributed by atoms with Crippen LogP contribution < -0.4 is 10.1 Å². The van der Waals surface area contributed by atoms with Crippen molar-refractivity contribution >= 4 is 35.1 Å². The predicted octanol–water partition coefficient (Wildman–Crippen LogP) is 3.03. The Balaban J connectivity index is 1.99. The van der Waals surface area contributed by atoms with Gasteiger partial charge in [0.15, 0.2) is 6.61 Å². The van der Waals surface area contributed by atoms with Gasteiger partial charge in [0.05, 0.1) is 10.9 Å². The number of piperidine rings is 1. The van der Waals surface area contributed by atoms with Crippen molar-refractivity contribution in [1.29, 1.82) is 0 Å². The zero-order valence-electron chi connectivity index (χ0n) is 15.8. The Morgan fingerprint density at radius 2 is 2.04 bits per heavy atom. The number of hydrogen-bond donors (Lipinski definition) is 2. The SMILES string of the molecule is CC(C)(C)C(=O)N1CCCC(C(=O)Nc2ccc(OCC(=O)O)c(Cl)c2)C1. The van der Waals surface area contributed by atoms with Crippen LogP contribution in [0.4, 0.5) is 5.69 Å². The maximum Gasteiger partial charge on any atom is 0.341 e. The Kier molecular flexibility index (Phi) is 6.70. The lowest BCUT2D eigenvalue weighted by Gasteiger charge is -2.35. The number of carbonyl (C=O) groups is 3. The molecule has 0 radical (unpaired) electrons. The molecule has 1 aliphatic heterocycles. The highest BCUT2D eigenvalue weighted by Gasteiger charge is 2.33. The molecule has 0 bridgehead atoms. The van der Waals surface area contributed by atoms with E-state index in [9.17, 15) is 14.4 Å². The van der Waals surface area contributed by atoms with Crippen LogP contribution in [0, 0.1) is 11.3 Å².